The molecular formula is C19H21ClF3N3. The van der Waals surface area contributed by atoms with Gasteiger partial charge in [0.2, 0.25) is 0 Å². The minimum absolute atomic E-state index is 0.283. The van der Waals surface area contributed by atoms with Crippen molar-refractivity contribution in [3.05, 3.63) is 63.9 Å². The van der Waals surface area contributed by atoms with Gasteiger partial charge >= 0.3 is 6.18 Å². The highest BCUT2D eigenvalue weighted by atomic mass is 35.5. The summed E-state index contributed by atoms with van der Waals surface area (Å²) >= 11 is 5.81. The highest BCUT2D eigenvalue weighted by Gasteiger charge is 2.35. The number of alkyl halides is 3. The summed E-state index contributed by atoms with van der Waals surface area (Å²) < 4.78 is 40.0. The van der Waals surface area contributed by atoms with Crippen LogP contribution in [0.1, 0.15) is 35.0 Å². The quantitative estimate of drug-likeness (QED) is 0.848. The topological polar surface area (TPSA) is 28.2 Å². The third kappa shape index (κ3) is 4.37. The summed E-state index contributed by atoms with van der Waals surface area (Å²) in [6.07, 6.45) is -3.56. The Hall–Kier alpha value is -1.63. The SMILES string of the molecule is Cc1cccc(C(c2ccc(Cl)c(C(F)(F)F)c2)N2CCCNCC2)n1. The summed E-state index contributed by atoms with van der Waals surface area (Å²) in [5.74, 6) is 0. The second-order valence-corrected chi connectivity index (χ2v) is 6.89. The molecule has 0 amide bonds. The largest absolute Gasteiger partial charge is 0.417 e. The molecular weight excluding hydrogens is 363 g/mol. The zero-order valence-electron chi connectivity index (χ0n) is 14.5. The minimum Gasteiger partial charge on any atom is -0.315 e. The first-order valence-corrected chi connectivity index (χ1v) is 8.99. The maximum absolute atomic E-state index is 13.3. The zero-order chi connectivity index (χ0) is 18.7. The summed E-state index contributed by atoms with van der Waals surface area (Å²) in [6, 6.07) is 9.47. The van der Waals surface area contributed by atoms with Crippen molar-refractivity contribution in [2.75, 3.05) is 26.2 Å². The van der Waals surface area contributed by atoms with Crippen LogP contribution in [0.5, 0.6) is 0 Å². The number of benzene rings is 1. The summed E-state index contributed by atoms with van der Waals surface area (Å²) in [4.78, 5) is 6.78. The van der Waals surface area contributed by atoms with E-state index in [1.54, 1.807) is 6.07 Å². The Morgan fingerprint density at radius 3 is 2.69 bits per heavy atom. The number of pyridine rings is 1. The maximum atomic E-state index is 13.3. The van der Waals surface area contributed by atoms with Gasteiger partial charge in [-0.05, 0) is 49.7 Å². The number of halogens is 4. The maximum Gasteiger partial charge on any atom is 0.417 e. The number of nitrogens with zero attached hydrogens (tertiary/aromatic N) is 2. The summed E-state index contributed by atoms with van der Waals surface area (Å²) in [7, 11) is 0. The third-order valence-corrected chi connectivity index (χ3v) is 4.87. The number of nitrogens with one attached hydrogen (secondary N) is 1. The van der Waals surface area contributed by atoms with Gasteiger partial charge in [0.15, 0.2) is 0 Å². The highest BCUT2D eigenvalue weighted by Crippen LogP contribution is 2.38. The van der Waals surface area contributed by atoms with Gasteiger partial charge in [-0.3, -0.25) is 9.88 Å². The fourth-order valence-corrected chi connectivity index (χ4v) is 3.56. The van der Waals surface area contributed by atoms with Crippen LogP contribution in [0.15, 0.2) is 36.4 Å². The second-order valence-electron chi connectivity index (χ2n) is 6.48. The van der Waals surface area contributed by atoms with Gasteiger partial charge in [0.05, 0.1) is 22.3 Å². The van der Waals surface area contributed by atoms with Crippen LogP contribution in [-0.2, 0) is 6.18 Å². The molecule has 3 rings (SSSR count). The minimum atomic E-state index is -4.49. The van der Waals surface area contributed by atoms with Crippen LogP contribution in [-0.4, -0.2) is 36.1 Å². The van der Waals surface area contributed by atoms with E-state index in [0.29, 0.717) is 5.56 Å². The van der Waals surface area contributed by atoms with Crippen molar-refractivity contribution in [2.24, 2.45) is 0 Å². The molecule has 1 fully saturated rings. The van der Waals surface area contributed by atoms with Crippen LogP contribution in [0.4, 0.5) is 13.2 Å². The number of hydrogen-bond acceptors (Lipinski definition) is 3. The summed E-state index contributed by atoms with van der Waals surface area (Å²) in [5, 5.41) is 3.05. The van der Waals surface area contributed by atoms with Gasteiger partial charge in [0.25, 0.3) is 0 Å². The standard InChI is InChI=1S/C19H21ClF3N3/c1-13-4-2-5-17(25-13)18(26-10-3-8-24-9-11-26)14-6-7-16(20)15(12-14)19(21,22)23/h2,4-7,12,18,24H,3,8-11H2,1H3. The van der Waals surface area contributed by atoms with Gasteiger partial charge in [-0.25, -0.2) is 0 Å². The van der Waals surface area contributed by atoms with Crippen molar-refractivity contribution < 1.29 is 13.2 Å². The van der Waals surface area contributed by atoms with Crippen LogP contribution in [0.3, 0.4) is 0 Å². The van der Waals surface area contributed by atoms with Crippen molar-refractivity contribution in [2.45, 2.75) is 25.6 Å². The lowest BCUT2D eigenvalue weighted by Crippen LogP contribution is -2.33. The Kier molecular flexibility index (Phi) is 5.85. The van der Waals surface area contributed by atoms with Gasteiger partial charge in [-0.2, -0.15) is 13.2 Å². The molecule has 0 saturated carbocycles. The van der Waals surface area contributed by atoms with Crippen molar-refractivity contribution in [1.82, 2.24) is 15.2 Å². The molecule has 1 aromatic heterocycles. The van der Waals surface area contributed by atoms with E-state index in [0.717, 1.165) is 50.1 Å². The highest BCUT2D eigenvalue weighted by molar-refractivity contribution is 6.31. The summed E-state index contributed by atoms with van der Waals surface area (Å²) in [6.45, 7) is 5.11. The monoisotopic (exact) mass is 383 g/mol. The van der Waals surface area contributed by atoms with Crippen LogP contribution in [0, 0.1) is 6.92 Å². The van der Waals surface area contributed by atoms with Crippen molar-refractivity contribution in [1.29, 1.82) is 0 Å². The van der Waals surface area contributed by atoms with E-state index < -0.39 is 11.7 Å². The Morgan fingerprint density at radius 2 is 1.96 bits per heavy atom. The molecule has 0 spiro atoms. The van der Waals surface area contributed by atoms with Crippen LogP contribution >= 0.6 is 11.6 Å². The Labute approximate surface area is 156 Å². The molecule has 2 aromatic rings. The van der Waals surface area contributed by atoms with E-state index in [-0.39, 0.29) is 11.1 Å². The average Bonchev–Trinajstić information content (AvgIpc) is 2.85. The third-order valence-electron chi connectivity index (χ3n) is 4.54. The molecule has 1 aliphatic rings. The molecule has 7 heteroatoms. The molecule has 0 radical (unpaired) electrons. The average molecular weight is 384 g/mol. The molecule has 1 N–H and O–H groups in total. The number of aromatic nitrogens is 1. The van der Waals surface area contributed by atoms with E-state index in [9.17, 15) is 13.2 Å². The molecule has 1 aromatic carbocycles. The van der Waals surface area contributed by atoms with E-state index >= 15 is 0 Å². The van der Waals surface area contributed by atoms with Gasteiger partial charge in [0, 0.05) is 25.3 Å². The first-order valence-electron chi connectivity index (χ1n) is 8.61. The Bertz CT molecular complexity index is 756. The molecule has 1 atom stereocenters. The molecule has 140 valence electrons. The lowest BCUT2D eigenvalue weighted by Gasteiger charge is -2.31. The molecule has 1 unspecified atom stereocenters. The molecule has 1 aliphatic heterocycles. The number of aryl methyl sites for hydroxylation is 1. The second kappa shape index (κ2) is 7.94. The lowest BCUT2D eigenvalue weighted by molar-refractivity contribution is -0.137. The van der Waals surface area contributed by atoms with Crippen LogP contribution in [0.25, 0.3) is 0 Å². The van der Waals surface area contributed by atoms with E-state index in [4.69, 9.17) is 11.6 Å². The molecule has 2 heterocycles. The van der Waals surface area contributed by atoms with Crippen molar-refractivity contribution in [3.63, 3.8) is 0 Å². The van der Waals surface area contributed by atoms with Crippen LogP contribution < -0.4 is 5.32 Å². The van der Waals surface area contributed by atoms with E-state index in [1.807, 2.05) is 25.1 Å². The van der Waals surface area contributed by atoms with E-state index in [1.165, 1.54) is 6.07 Å². The lowest BCUT2D eigenvalue weighted by atomic mass is 9.98. The smallest absolute Gasteiger partial charge is 0.315 e. The predicted octanol–water partition coefficient (Wildman–Crippen LogP) is 4.45. The molecule has 1 saturated heterocycles. The van der Waals surface area contributed by atoms with Gasteiger partial charge < -0.3 is 5.32 Å². The first kappa shape index (κ1) is 19.1. The molecule has 3 nitrogen and oxygen atoms in total. The molecule has 0 aliphatic carbocycles. The van der Waals surface area contributed by atoms with Gasteiger partial charge in [-0.15, -0.1) is 0 Å². The predicted molar refractivity (Wildman–Crippen MR) is 96.3 cm³/mol. The Morgan fingerprint density at radius 1 is 1.15 bits per heavy atom. The fraction of sp³-hybridized carbons (Fsp3) is 0.421. The number of hydrogen-bond donors (Lipinski definition) is 1. The van der Waals surface area contributed by atoms with Crippen LogP contribution in [0.2, 0.25) is 5.02 Å². The van der Waals surface area contributed by atoms with Gasteiger partial charge in [-0.1, -0.05) is 23.7 Å². The fourth-order valence-electron chi connectivity index (χ4n) is 3.34. The Balaban J connectivity index is 2.08. The van der Waals surface area contributed by atoms with E-state index in [2.05, 4.69) is 15.2 Å². The molecule has 26 heavy (non-hydrogen) atoms. The number of rotatable bonds is 3. The van der Waals surface area contributed by atoms with Gasteiger partial charge in [0.1, 0.15) is 0 Å². The molecule has 0 bridgehead atoms. The van der Waals surface area contributed by atoms with Crippen molar-refractivity contribution >= 4 is 11.6 Å². The van der Waals surface area contributed by atoms with Crippen molar-refractivity contribution in [3.8, 4) is 0 Å². The summed E-state index contributed by atoms with van der Waals surface area (Å²) in [5.41, 5.74) is 1.34. The normalized spacial score (nSPS) is 17.7. The first-order chi connectivity index (χ1) is 12.4. The zero-order valence-corrected chi connectivity index (χ0v) is 15.2.